The van der Waals surface area contributed by atoms with Crippen LogP contribution in [0.5, 0.6) is 0 Å². The number of aromatic nitrogens is 3. The van der Waals surface area contributed by atoms with Crippen LogP contribution in [-0.2, 0) is 6.42 Å². The van der Waals surface area contributed by atoms with Gasteiger partial charge in [0.25, 0.3) is 0 Å². The van der Waals surface area contributed by atoms with Crippen LogP contribution in [0.1, 0.15) is 11.3 Å². The average Bonchev–Trinajstić information content (AvgIpc) is 3.30. The maximum atomic E-state index is 14.0. The minimum Gasteiger partial charge on any atom is -0.394 e. The zero-order chi connectivity index (χ0) is 22.2. The van der Waals surface area contributed by atoms with Crippen molar-refractivity contribution >= 4 is 23.1 Å². The summed E-state index contributed by atoms with van der Waals surface area (Å²) in [5.74, 6) is -1.44. The second-order valence-electron chi connectivity index (χ2n) is 6.43. The van der Waals surface area contributed by atoms with Crippen LogP contribution in [0.2, 0.25) is 0 Å². The largest absolute Gasteiger partial charge is 0.394 e. The maximum absolute atomic E-state index is 14.0. The van der Waals surface area contributed by atoms with E-state index in [0.717, 1.165) is 6.20 Å². The number of allylic oxidation sites excluding steroid dienone is 1. The third-order valence-electron chi connectivity index (χ3n) is 4.24. The molecule has 3 aromatic rings. The van der Waals surface area contributed by atoms with E-state index in [2.05, 4.69) is 25.8 Å². The molecule has 9 nitrogen and oxygen atoms in total. The molecule has 0 saturated carbocycles. The molecule has 0 unspecified atom stereocenters. The Morgan fingerprint density at radius 1 is 1.16 bits per heavy atom. The zero-order valence-corrected chi connectivity index (χ0v) is 16.2. The van der Waals surface area contributed by atoms with E-state index in [1.807, 2.05) is 0 Å². The van der Waals surface area contributed by atoms with Gasteiger partial charge >= 0.3 is 0 Å². The van der Waals surface area contributed by atoms with Crippen LogP contribution >= 0.6 is 0 Å². The Hall–Kier alpha value is -3.70. The topological polar surface area (TPSA) is 140 Å². The summed E-state index contributed by atoms with van der Waals surface area (Å²) in [4.78, 5) is 7.80. The number of nitrogens with one attached hydrogen (secondary N) is 3. The maximum Gasteiger partial charge on any atom is 0.228 e. The van der Waals surface area contributed by atoms with Gasteiger partial charge in [-0.25, -0.2) is 13.8 Å². The Labute approximate surface area is 176 Å². The third-order valence-corrected chi connectivity index (χ3v) is 4.24. The number of aliphatic hydroxyl groups is 2. The summed E-state index contributed by atoms with van der Waals surface area (Å²) in [6.07, 6.45) is 3.63. The number of hydrogen-bond acceptors (Lipinski definition) is 9. The van der Waals surface area contributed by atoms with Crippen molar-refractivity contribution < 1.29 is 23.5 Å². The fourth-order valence-corrected chi connectivity index (χ4v) is 2.61. The van der Waals surface area contributed by atoms with Crippen LogP contribution in [0, 0.1) is 17.0 Å². The first-order valence-electron chi connectivity index (χ1n) is 9.21. The van der Waals surface area contributed by atoms with E-state index in [4.69, 9.17) is 20.1 Å². The van der Waals surface area contributed by atoms with E-state index in [0.29, 0.717) is 16.8 Å². The summed E-state index contributed by atoms with van der Waals surface area (Å²) in [6.45, 7) is -0.849. The monoisotopic (exact) mass is 430 g/mol. The molecule has 3 rings (SSSR count). The van der Waals surface area contributed by atoms with Gasteiger partial charge in [-0.2, -0.15) is 4.98 Å². The predicted molar refractivity (Wildman–Crippen MR) is 110 cm³/mol. The summed E-state index contributed by atoms with van der Waals surface area (Å²) < 4.78 is 32.8. The normalized spacial score (nSPS) is 11.6. The molecule has 5 N–H and O–H groups in total. The molecule has 0 fully saturated rings. The van der Waals surface area contributed by atoms with Crippen LogP contribution in [0.25, 0.3) is 5.57 Å². The van der Waals surface area contributed by atoms with Crippen molar-refractivity contribution in [3.63, 3.8) is 0 Å². The second-order valence-corrected chi connectivity index (χ2v) is 6.43. The molecule has 0 amide bonds. The molecule has 1 aromatic carbocycles. The van der Waals surface area contributed by atoms with E-state index in [1.54, 1.807) is 18.2 Å². The molecule has 31 heavy (non-hydrogen) atoms. The molecular formula is C20H20F2N6O3. The number of halogens is 2. The van der Waals surface area contributed by atoms with E-state index in [9.17, 15) is 8.78 Å². The summed E-state index contributed by atoms with van der Waals surface area (Å²) in [6, 6.07) is 6.87. The molecule has 0 aliphatic carbocycles. The van der Waals surface area contributed by atoms with Crippen LogP contribution in [-0.4, -0.2) is 50.3 Å². The number of anilines is 2. The molecule has 0 atom stereocenters. The third kappa shape index (κ3) is 5.68. The number of aliphatic hydroxyl groups excluding tert-OH is 2. The summed E-state index contributed by atoms with van der Waals surface area (Å²) in [5.41, 5.74) is 1.01. The predicted octanol–water partition coefficient (Wildman–Crippen LogP) is 2.22. The highest BCUT2D eigenvalue weighted by Gasteiger charge is 2.15. The van der Waals surface area contributed by atoms with Gasteiger partial charge in [0.15, 0.2) is 11.6 Å². The Balaban J connectivity index is 1.83. The van der Waals surface area contributed by atoms with E-state index in [1.165, 1.54) is 24.6 Å². The molecule has 0 spiro atoms. The molecule has 2 aromatic heterocycles. The lowest BCUT2D eigenvalue weighted by molar-refractivity contribution is 0.203. The summed E-state index contributed by atoms with van der Waals surface area (Å²) in [5, 5.41) is 35.9. The molecule has 162 valence electrons. The van der Waals surface area contributed by atoms with Crippen LogP contribution < -0.4 is 10.6 Å². The highest BCUT2D eigenvalue weighted by molar-refractivity contribution is 6.22. The van der Waals surface area contributed by atoms with Gasteiger partial charge in [0, 0.05) is 30.0 Å². The van der Waals surface area contributed by atoms with Crippen LogP contribution in [0.4, 0.5) is 20.5 Å². The standard InChI is InChI=1S/C20H20F2N6O3/c21-15-4-2-1-3-12(15)7-17(23)14(18-5-6-31-28-18)8-24-20-25-9-16(22)19(27-20)26-13(10-29)11-30/h1-6,8-9,13,23,29-30H,7,10-11H2,(H2,24,25,26,27)/b14-8+,23-17?. The van der Waals surface area contributed by atoms with Gasteiger partial charge in [-0.15, -0.1) is 0 Å². The van der Waals surface area contributed by atoms with Crippen molar-refractivity contribution in [3.8, 4) is 0 Å². The van der Waals surface area contributed by atoms with Crippen molar-refractivity contribution in [2.75, 3.05) is 23.8 Å². The Bertz CT molecular complexity index is 1050. The molecule has 0 radical (unpaired) electrons. The molecule has 0 aliphatic rings. The van der Waals surface area contributed by atoms with Gasteiger partial charge in [-0.1, -0.05) is 23.4 Å². The molecule has 2 heterocycles. The number of benzene rings is 1. The number of hydrogen-bond donors (Lipinski definition) is 5. The first kappa shape index (κ1) is 22.0. The molecule has 11 heteroatoms. The van der Waals surface area contributed by atoms with Gasteiger partial charge < -0.3 is 30.8 Å². The van der Waals surface area contributed by atoms with E-state index < -0.39 is 30.9 Å². The highest BCUT2D eigenvalue weighted by Crippen LogP contribution is 2.19. The Morgan fingerprint density at radius 2 is 1.94 bits per heavy atom. The Morgan fingerprint density at radius 3 is 2.61 bits per heavy atom. The second kappa shape index (κ2) is 10.4. The lowest BCUT2D eigenvalue weighted by Crippen LogP contribution is -2.28. The minimum atomic E-state index is -0.799. The molecule has 0 saturated heterocycles. The van der Waals surface area contributed by atoms with E-state index in [-0.39, 0.29) is 23.9 Å². The SMILES string of the molecule is N=C(Cc1ccccc1F)/C(=C\Nc1ncc(F)c(NC(CO)CO)n1)c1ccon1. The number of rotatable bonds is 10. The van der Waals surface area contributed by atoms with Crippen molar-refractivity contribution in [3.05, 3.63) is 71.9 Å². The lowest BCUT2D eigenvalue weighted by atomic mass is 10.0. The first-order chi connectivity index (χ1) is 15.0. The summed E-state index contributed by atoms with van der Waals surface area (Å²) in [7, 11) is 0. The van der Waals surface area contributed by atoms with Gasteiger partial charge in [0.1, 0.15) is 17.8 Å². The fraction of sp³-hybridized carbons (Fsp3) is 0.200. The Kier molecular flexibility index (Phi) is 7.35. The molecule has 0 aliphatic heterocycles. The van der Waals surface area contributed by atoms with Gasteiger partial charge in [-0.3, -0.25) is 0 Å². The van der Waals surface area contributed by atoms with Crippen molar-refractivity contribution in [1.29, 1.82) is 5.41 Å². The van der Waals surface area contributed by atoms with Crippen molar-refractivity contribution in [2.45, 2.75) is 12.5 Å². The van der Waals surface area contributed by atoms with Crippen molar-refractivity contribution in [1.82, 2.24) is 15.1 Å². The van der Waals surface area contributed by atoms with Gasteiger partial charge in [0.2, 0.25) is 5.95 Å². The first-order valence-corrected chi connectivity index (χ1v) is 9.21. The smallest absolute Gasteiger partial charge is 0.228 e. The van der Waals surface area contributed by atoms with Crippen LogP contribution in [0.15, 0.2) is 53.5 Å². The lowest BCUT2D eigenvalue weighted by Gasteiger charge is -2.15. The number of nitrogens with zero attached hydrogens (tertiary/aromatic N) is 3. The van der Waals surface area contributed by atoms with Gasteiger partial charge in [-0.05, 0) is 11.6 Å². The average molecular weight is 430 g/mol. The molecular weight excluding hydrogens is 410 g/mol. The quantitative estimate of drug-likeness (QED) is 0.309. The van der Waals surface area contributed by atoms with Crippen molar-refractivity contribution in [2.24, 2.45) is 0 Å². The zero-order valence-electron chi connectivity index (χ0n) is 16.2. The minimum absolute atomic E-state index is 0.00118. The molecule has 0 bridgehead atoms. The summed E-state index contributed by atoms with van der Waals surface area (Å²) >= 11 is 0. The highest BCUT2D eigenvalue weighted by atomic mass is 19.1. The van der Waals surface area contributed by atoms with Crippen LogP contribution in [0.3, 0.4) is 0 Å². The van der Waals surface area contributed by atoms with Gasteiger partial charge in [0.05, 0.1) is 25.5 Å². The van der Waals surface area contributed by atoms with E-state index >= 15 is 0 Å². The fourth-order valence-electron chi connectivity index (χ4n) is 2.61.